The SMILES string of the molecule is O=C(CN1C(=O)CCCc2ccccc21)OCc1ccccc1. The van der Waals surface area contributed by atoms with Gasteiger partial charge in [0.05, 0.1) is 0 Å². The molecule has 1 aliphatic heterocycles. The van der Waals surface area contributed by atoms with Crippen molar-refractivity contribution >= 4 is 17.6 Å². The van der Waals surface area contributed by atoms with E-state index in [1.54, 1.807) is 4.90 Å². The molecule has 0 bridgehead atoms. The van der Waals surface area contributed by atoms with Crippen LogP contribution in [-0.2, 0) is 27.4 Å². The maximum absolute atomic E-state index is 12.3. The van der Waals surface area contributed by atoms with Crippen molar-refractivity contribution in [3.63, 3.8) is 0 Å². The number of para-hydroxylation sites is 1. The van der Waals surface area contributed by atoms with E-state index < -0.39 is 0 Å². The van der Waals surface area contributed by atoms with E-state index in [2.05, 4.69) is 0 Å². The Hall–Kier alpha value is -2.62. The standard InChI is InChI=1S/C19H19NO3/c21-18-12-6-10-16-9-4-5-11-17(16)20(18)13-19(22)23-14-15-7-2-1-3-8-15/h1-5,7-9,11H,6,10,12-14H2. The van der Waals surface area contributed by atoms with Gasteiger partial charge in [0.1, 0.15) is 13.2 Å². The maximum atomic E-state index is 12.3. The van der Waals surface area contributed by atoms with Crippen LogP contribution in [0.15, 0.2) is 54.6 Å². The summed E-state index contributed by atoms with van der Waals surface area (Å²) in [4.78, 5) is 26.0. The van der Waals surface area contributed by atoms with Gasteiger partial charge in [0.15, 0.2) is 0 Å². The largest absolute Gasteiger partial charge is 0.459 e. The van der Waals surface area contributed by atoms with E-state index in [4.69, 9.17) is 4.74 Å². The lowest BCUT2D eigenvalue weighted by Crippen LogP contribution is -2.36. The zero-order valence-electron chi connectivity index (χ0n) is 12.9. The second-order valence-electron chi connectivity index (χ2n) is 5.61. The third-order valence-corrected chi connectivity index (χ3v) is 3.95. The van der Waals surface area contributed by atoms with Gasteiger partial charge < -0.3 is 9.64 Å². The molecule has 3 rings (SSSR count). The first-order valence-corrected chi connectivity index (χ1v) is 7.82. The maximum Gasteiger partial charge on any atom is 0.326 e. The predicted octanol–water partition coefficient (Wildman–Crippen LogP) is 3.10. The molecule has 0 saturated carbocycles. The summed E-state index contributed by atoms with van der Waals surface area (Å²) in [6, 6.07) is 17.3. The number of esters is 1. The number of carbonyl (C=O) groups excluding carboxylic acids is 2. The summed E-state index contributed by atoms with van der Waals surface area (Å²) in [6.07, 6.45) is 2.13. The summed E-state index contributed by atoms with van der Waals surface area (Å²) in [7, 11) is 0. The Bertz CT molecular complexity index is 697. The predicted molar refractivity (Wildman–Crippen MR) is 88.0 cm³/mol. The van der Waals surface area contributed by atoms with Crippen LogP contribution in [0, 0.1) is 0 Å². The molecule has 4 heteroatoms. The summed E-state index contributed by atoms with van der Waals surface area (Å²) >= 11 is 0. The van der Waals surface area contributed by atoms with Crippen LogP contribution in [0.1, 0.15) is 24.0 Å². The zero-order valence-corrected chi connectivity index (χ0v) is 12.9. The fraction of sp³-hybridized carbons (Fsp3) is 0.263. The van der Waals surface area contributed by atoms with E-state index in [0.717, 1.165) is 29.7 Å². The average Bonchev–Trinajstić information content (AvgIpc) is 2.74. The lowest BCUT2D eigenvalue weighted by Gasteiger charge is -2.22. The molecule has 0 aromatic heterocycles. The highest BCUT2D eigenvalue weighted by Crippen LogP contribution is 2.26. The average molecular weight is 309 g/mol. The number of hydrogen-bond donors (Lipinski definition) is 0. The molecule has 0 aliphatic carbocycles. The number of benzene rings is 2. The lowest BCUT2D eigenvalue weighted by atomic mass is 10.1. The molecule has 4 nitrogen and oxygen atoms in total. The Balaban J connectivity index is 1.68. The monoisotopic (exact) mass is 309 g/mol. The van der Waals surface area contributed by atoms with Crippen molar-refractivity contribution < 1.29 is 14.3 Å². The van der Waals surface area contributed by atoms with Crippen LogP contribution in [-0.4, -0.2) is 18.4 Å². The van der Waals surface area contributed by atoms with Crippen LogP contribution in [0.25, 0.3) is 0 Å². The Morgan fingerprint density at radius 1 is 1.00 bits per heavy atom. The molecule has 23 heavy (non-hydrogen) atoms. The molecule has 0 unspecified atom stereocenters. The Morgan fingerprint density at radius 3 is 2.57 bits per heavy atom. The lowest BCUT2D eigenvalue weighted by molar-refractivity contribution is -0.144. The Kier molecular flexibility index (Phi) is 4.71. The molecular weight excluding hydrogens is 290 g/mol. The zero-order chi connectivity index (χ0) is 16.1. The molecule has 2 aromatic rings. The number of fused-ring (bicyclic) bond motifs is 1. The van der Waals surface area contributed by atoms with E-state index in [-0.39, 0.29) is 25.0 Å². The molecule has 2 aromatic carbocycles. The fourth-order valence-corrected chi connectivity index (χ4v) is 2.77. The van der Waals surface area contributed by atoms with Gasteiger partial charge in [-0.3, -0.25) is 9.59 Å². The quantitative estimate of drug-likeness (QED) is 0.815. The minimum atomic E-state index is -0.390. The molecule has 0 N–H and O–H groups in total. The van der Waals surface area contributed by atoms with Crippen LogP contribution in [0.4, 0.5) is 5.69 Å². The molecule has 0 saturated heterocycles. The summed E-state index contributed by atoms with van der Waals surface area (Å²) in [5, 5.41) is 0. The number of nitrogens with zero attached hydrogens (tertiary/aromatic N) is 1. The molecule has 0 spiro atoms. The van der Waals surface area contributed by atoms with Crippen molar-refractivity contribution in [1.29, 1.82) is 0 Å². The topological polar surface area (TPSA) is 46.6 Å². The minimum absolute atomic E-state index is 0.0217. The molecule has 1 amide bonds. The van der Waals surface area contributed by atoms with Gasteiger partial charge >= 0.3 is 5.97 Å². The first-order valence-electron chi connectivity index (χ1n) is 7.82. The number of aryl methyl sites for hydroxylation is 1. The van der Waals surface area contributed by atoms with Crippen molar-refractivity contribution in [2.24, 2.45) is 0 Å². The number of anilines is 1. The van der Waals surface area contributed by atoms with Gasteiger partial charge in [-0.05, 0) is 30.0 Å². The highest BCUT2D eigenvalue weighted by molar-refractivity contribution is 5.98. The number of rotatable bonds is 4. The van der Waals surface area contributed by atoms with Gasteiger partial charge in [0.2, 0.25) is 5.91 Å². The number of carbonyl (C=O) groups is 2. The molecule has 1 heterocycles. The van der Waals surface area contributed by atoms with Crippen molar-refractivity contribution in [3.05, 3.63) is 65.7 Å². The first kappa shape index (κ1) is 15.3. The van der Waals surface area contributed by atoms with Gasteiger partial charge in [-0.2, -0.15) is 0 Å². The van der Waals surface area contributed by atoms with Crippen LogP contribution in [0.2, 0.25) is 0 Å². The highest BCUT2D eigenvalue weighted by atomic mass is 16.5. The Morgan fingerprint density at radius 2 is 1.74 bits per heavy atom. The first-order chi connectivity index (χ1) is 11.2. The molecule has 118 valence electrons. The fourth-order valence-electron chi connectivity index (χ4n) is 2.77. The van der Waals surface area contributed by atoms with E-state index in [9.17, 15) is 9.59 Å². The summed E-state index contributed by atoms with van der Waals surface area (Å²) in [5.74, 6) is -0.412. The summed E-state index contributed by atoms with van der Waals surface area (Å²) < 4.78 is 5.30. The van der Waals surface area contributed by atoms with Crippen LogP contribution >= 0.6 is 0 Å². The van der Waals surface area contributed by atoms with Crippen molar-refractivity contribution in [1.82, 2.24) is 0 Å². The number of amides is 1. The van der Waals surface area contributed by atoms with Crippen LogP contribution in [0.5, 0.6) is 0 Å². The normalized spacial score (nSPS) is 14.1. The Labute approximate surface area is 135 Å². The van der Waals surface area contributed by atoms with Gasteiger partial charge in [0, 0.05) is 12.1 Å². The molecule has 0 fully saturated rings. The van der Waals surface area contributed by atoms with E-state index in [0.29, 0.717) is 6.42 Å². The van der Waals surface area contributed by atoms with Crippen molar-refractivity contribution in [2.45, 2.75) is 25.9 Å². The van der Waals surface area contributed by atoms with E-state index >= 15 is 0 Å². The smallest absolute Gasteiger partial charge is 0.326 e. The van der Waals surface area contributed by atoms with Crippen molar-refractivity contribution in [3.8, 4) is 0 Å². The third-order valence-electron chi connectivity index (χ3n) is 3.95. The van der Waals surface area contributed by atoms with Gasteiger partial charge in [-0.25, -0.2) is 0 Å². The van der Waals surface area contributed by atoms with Gasteiger partial charge in [0.25, 0.3) is 0 Å². The summed E-state index contributed by atoms with van der Waals surface area (Å²) in [5.41, 5.74) is 2.87. The number of hydrogen-bond acceptors (Lipinski definition) is 3. The molecule has 0 radical (unpaired) electrons. The molecular formula is C19H19NO3. The molecule has 1 aliphatic rings. The van der Waals surface area contributed by atoms with Gasteiger partial charge in [-0.1, -0.05) is 48.5 Å². The van der Waals surface area contributed by atoms with Gasteiger partial charge in [-0.15, -0.1) is 0 Å². The van der Waals surface area contributed by atoms with Crippen LogP contribution in [0.3, 0.4) is 0 Å². The number of ether oxygens (including phenoxy) is 1. The third kappa shape index (κ3) is 3.77. The van der Waals surface area contributed by atoms with E-state index in [1.807, 2.05) is 54.6 Å². The second kappa shape index (κ2) is 7.09. The van der Waals surface area contributed by atoms with Crippen LogP contribution < -0.4 is 4.90 Å². The van der Waals surface area contributed by atoms with E-state index in [1.165, 1.54) is 0 Å². The summed E-state index contributed by atoms with van der Waals surface area (Å²) in [6.45, 7) is 0.187. The second-order valence-corrected chi connectivity index (χ2v) is 5.61. The minimum Gasteiger partial charge on any atom is -0.459 e. The van der Waals surface area contributed by atoms with Crippen molar-refractivity contribution in [2.75, 3.05) is 11.4 Å². The highest BCUT2D eigenvalue weighted by Gasteiger charge is 2.24. The molecule has 0 atom stereocenters.